The van der Waals surface area contributed by atoms with Crippen molar-refractivity contribution in [2.24, 2.45) is 5.73 Å². The number of halogens is 2. The Morgan fingerprint density at radius 3 is 2.73 bits per heavy atom. The predicted molar refractivity (Wildman–Crippen MR) is 32.1 cm³/mol. The summed E-state index contributed by atoms with van der Waals surface area (Å²) >= 11 is 0. The minimum absolute atomic E-state index is 0.403. The molecule has 1 aromatic rings. The molecule has 0 aliphatic carbocycles. The molecule has 0 aliphatic rings. The zero-order chi connectivity index (χ0) is 8.43. The number of carbonyl (C=O) groups excluding carboxylic acids is 1. The fourth-order valence-corrected chi connectivity index (χ4v) is 0.663. The number of hydrogen-bond acceptors (Lipinski definition) is 2. The number of aromatic nitrogens is 2. The van der Waals surface area contributed by atoms with Gasteiger partial charge in [0.05, 0.1) is 5.56 Å². The van der Waals surface area contributed by atoms with E-state index >= 15 is 0 Å². The van der Waals surface area contributed by atoms with Crippen LogP contribution in [0.2, 0.25) is 0 Å². The van der Waals surface area contributed by atoms with E-state index in [1.807, 2.05) is 0 Å². The van der Waals surface area contributed by atoms with Crippen molar-refractivity contribution >= 4 is 5.91 Å². The van der Waals surface area contributed by atoms with Gasteiger partial charge in [-0.3, -0.25) is 9.89 Å². The number of carbonyl (C=O) groups is 1. The number of alkyl halides is 2. The van der Waals surface area contributed by atoms with Gasteiger partial charge in [0, 0.05) is 6.20 Å². The first-order chi connectivity index (χ1) is 5.13. The van der Waals surface area contributed by atoms with E-state index in [0.717, 1.165) is 6.20 Å². The summed E-state index contributed by atoms with van der Waals surface area (Å²) in [4.78, 5) is 10.4. The van der Waals surface area contributed by atoms with E-state index in [-0.39, 0.29) is 0 Å². The van der Waals surface area contributed by atoms with Crippen LogP contribution in [0.1, 0.15) is 22.5 Å². The van der Waals surface area contributed by atoms with Crippen LogP contribution in [0, 0.1) is 0 Å². The molecule has 0 saturated heterocycles. The standard InChI is InChI=1S/C5H5F2N3O/c6-4(7)2-1-9-10-3(2)5(8)11/h1,4H,(H2,8,11)(H,9,10). The van der Waals surface area contributed by atoms with E-state index in [1.54, 1.807) is 0 Å². The predicted octanol–water partition coefficient (Wildman–Crippen LogP) is 0.446. The van der Waals surface area contributed by atoms with Crippen LogP contribution in [-0.2, 0) is 0 Å². The van der Waals surface area contributed by atoms with Crippen LogP contribution in [0.25, 0.3) is 0 Å². The van der Waals surface area contributed by atoms with E-state index in [9.17, 15) is 13.6 Å². The molecule has 1 amide bonds. The maximum atomic E-state index is 12.0. The first-order valence-electron chi connectivity index (χ1n) is 2.74. The lowest BCUT2D eigenvalue weighted by molar-refractivity contribution is 0.0981. The molecule has 0 bridgehead atoms. The van der Waals surface area contributed by atoms with Gasteiger partial charge in [0.15, 0.2) is 5.69 Å². The summed E-state index contributed by atoms with van der Waals surface area (Å²) in [6.45, 7) is 0. The fraction of sp³-hybridized carbons (Fsp3) is 0.200. The molecule has 3 N–H and O–H groups in total. The zero-order valence-electron chi connectivity index (χ0n) is 5.34. The van der Waals surface area contributed by atoms with Crippen LogP contribution in [0.5, 0.6) is 0 Å². The number of H-pyrrole nitrogens is 1. The minimum atomic E-state index is -2.73. The summed E-state index contributed by atoms with van der Waals surface area (Å²) in [5.74, 6) is -0.957. The second-order valence-corrected chi connectivity index (χ2v) is 1.85. The molecule has 0 fully saturated rings. The Kier molecular flexibility index (Phi) is 1.84. The second kappa shape index (κ2) is 2.65. The third-order valence-electron chi connectivity index (χ3n) is 1.14. The Hall–Kier alpha value is -1.46. The third kappa shape index (κ3) is 1.34. The lowest BCUT2D eigenvalue weighted by Gasteiger charge is -1.94. The number of aromatic amines is 1. The number of hydrogen-bond donors (Lipinski definition) is 2. The van der Waals surface area contributed by atoms with Gasteiger partial charge in [-0.25, -0.2) is 8.78 Å². The van der Waals surface area contributed by atoms with Gasteiger partial charge < -0.3 is 5.73 Å². The molecule has 0 unspecified atom stereocenters. The Morgan fingerprint density at radius 1 is 1.73 bits per heavy atom. The SMILES string of the molecule is NC(=O)c1n[nH]cc1C(F)F. The van der Waals surface area contributed by atoms with Gasteiger partial charge >= 0.3 is 0 Å². The number of nitrogens with one attached hydrogen (secondary N) is 1. The summed E-state index contributed by atoms with van der Waals surface area (Å²) in [6, 6.07) is 0. The van der Waals surface area contributed by atoms with E-state index < -0.39 is 23.6 Å². The van der Waals surface area contributed by atoms with Gasteiger partial charge in [0.1, 0.15) is 0 Å². The van der Waals surface area contributed by atoms with Gasteiger partial charge in [-0.05, 0) is 0 Å². The molecule has 1 heterocycles. The van der Waals surface area contributed by atoms with Crippen LogP contribution < -0.4 is 5.73 Å². The maximum Gasteiger partial charge on any atom is 0.269 e. The molecule has 4 nitrogen and oxygen atoms in total. The summed E-state index contributed by atoms with van der Waals surface area (Å²) in [6.07, 6.45) is -1.78. The van der Waals surface area contributed by atoms with Crippen LogP contribution in [0.15, 0.2) is 6.20 Å². The fourth-order valence-electron chi connectivity index (χ4n) is 0.663. The average molecular weight is 161 g/mol. The van der Waals surface area contributed by atoms with Crippen LogP contribution >= 0.6 is 0 Å². The first-order valence-corrected chi connectivity index (χ1v) is 2.74. The Bertz CT molecular complexity index is 270. The number of nitrogens with zero attached hydrogens (tertiary/aromatic N) is 1. The number of rotatable bonds is 2. The molecule has 0 aromatic carbocycles. The molecule has 0 spiro atoms. The summed E-state index contributed by atoms with van der Waals surface area (Å²) < 4.78 is 23.9. The van der Waals surface area contributed by atoms with Crippen molar-refractivity contribution in [2.75, 3.05) is 0 Å². The quantitative estimate of drug-likeness (QED) is 0.660. The average Bonchev–Trinajstić information content (AvgIpc) is 2.32. The molecule has 11 heavy (non-hydrogen) atoms. The maximum absolute atomic E-state index is 12.0. The topological polar surface area (TPSA) is 71.8 Å². The minimum Gasteiger partial charge on any atom is -0.364 e. The van der Waals surface area contributed by atoms with Gasteiger partial charge in [-0.2, -0.15) is 5.10 Å². The smallest absolute Gasteiger partial charge is 0.269 e. The molecule has 0 aliphatic heterocycles. The van der Waals surface area contributed by atoms with Crippen molar-refractivity contribution in [1.82, 2.24) is 10.2 Å². The van der Waals surface area contributed by atoms with Crippen LogP contribution in [0.3, 0.4) is 0 Å². The van der Waals surface area contributed by atoms with Gasteiger partial charge in [0.2, 0.25) is 0 Å². The molecule has 6 heteroatoms. The molecule has 0 saturated carbocycles. The monoisotopic (exact) mass is 161 g/mol. The van der Waals surface area contributed by atoms with E-state index in [1.165, 1.54) is 0 Å². The highest BCUT2D eigenvalue weighted by atomic mass is 19.3. The van der Waals surface area contributed by atoms with Gasteiger partial charge in [-0.15, -0.1) is 0 Å². The van der Waals surface area contributed by atoms with Gasteiger partial charge in [-0.1, -0.05) is 0 Å². The number of amides is 1. The van der Waals surface area contributed by atoms with Crippen LogP contribution in [-0.4, -0.2) is 16.1 Å². The molecular formula is C5H5F2N3O. The summed E-state index contributed by atoms with van der Waals surface area (Å²) in [5.41, 5.74) is 3.88. The Morgan fingerprint density at radius 2 is 2.36 bits per heavy atom. The van der Waals surface area contributed by atoms with E-state index in [0.29, 0.717) is 0 Å². The first kappa shape index (κ1) is 7.64. The highest BCUT2D eigenvalue weighted by Gasteiger charge is 2.18. The van der Waals surface area contributed by atoms with Crippen LogP contribution in [0.4, 0.5) is 8.78 Å². The van der Waals surface area contributed by atoms with E-state index in [4.69, 9.17) is 5.73 Å². The van der Waals surface area contributed by atoms with Crippen molar-refractivity contribution in [3.63, 3.8) is 0 Å². The zero-order valence-corrected chi connectivity index (χ0v) is 5.34. The van der Waals surface area contributed by atoms with Crippen molar-refractivity contribution < 1.29 is 13.6 Å². The largest absolute Gasteiger partial charge is 0.364 e. The van der Waals surface area contributed by atoms with Crippen molar-refractivity contribution in [2.45, 2.75) is 6.43 Å². The Balaban J connectivity index is 3.06. The van der Waals surface area contributed by atoms with Crippen molar-refractivity contribution in [1.29, 1.82) is 0 Å². The lowest BCUT2D eigenvalue weighted by Crippen LogP contribution is -2.13. The normalized spacial score (nSPS) is 10.5. The summed E-state index contributed by atoms with van der Waals surface area (Å²) in [5, 5.41) is 5.39. The van der Waals surface area contributed by atoms with Crippen molar-refractivity contribution in [3.8, 4) is 0 Å². The second-order valence-electron chi connectivity index (χ2n) is 1.85. The molecule has 1 aromatic heterocycles. The molecule has 60 valence electrons. The van der Waals surface area contributed by atoms with Crippen molar-refractivity contribution in [3.05, 3.63) is 17.5 Å². The molecular weight excluding hydrogens is 156 g/mol. The number of primary amides is 1. The number of nitrogens with two attached hydrogens (primary N) is 1. The molecule has 0 atom stereocenters. The Labute approximate surface area is 60.4 Å². The molecule has 1 rings (SSSR count). The highest BCUT2D eigenvalue weighted by molar-refractivity contribution is 5.92. The molecule has 0 radical (unpaired) electrons. The lowest BCUT2D eigenvalue weighted by atomic mass is 10.2. The third-order valence-corrected chi connectivity index (χ3v) is 1.14. The van der Waals surface area contributed by atoms with Gasteiger partial charge in [0.25, 0.3) is 12.3 Å². The van der Waals surface area contributed by atoms with E-state index in [2.05, 4.69) is 10.2 Å². The highest BCUT2D eigenvalue weighted by Crippen LogP contribution is 2.19. The summed E-state index contributed by atoms with van der Waals surface area (Å²) in [7, 11) is 0.